The first-order valence-corrected chi connectivity index (χ1v) is 5.02. The molecule has 1 saturated heterocycles. The number of nitrogens with zero attached hydrogens (tertiary/aromatic N) is 3. The quantitative estimate of drug-likeness (QED) is 0.736. The van der Waals surface area contributed by atoms with Gasteiger partial charge in [-0.25, -0.2) is 0 Å². The Labute approximate surface area is 83.5 Å². The van der Waals surface area contributed by atoms with E-state index in [1.54, 1.807) is 0 Å². The van der Waals surface area contributed by atoms with Crippen LogP contribution in [-0.4, -0.2) is 41.2 Å². The van der Waals surface area contributed by atoms with Crippen LogP contribution in [0.1, 0.15) is 18.6 Å². The fourth-order valence-corrected chi connectivity index (χ4v) is 1.43. The van der Waals surface area contributed by atoms with Gasteiger partial charge in [0.05, 0.1) is 6.54 Å². The predicted octanol–water partition coefficient (Wildman–Crippen LogP) is 0.0356. The predicted molar refractivity (Wildman–Crippen MR) is 51.8 cm³/mol. The Morgan fingerprint density at radius 2 is 2.36 bits per heavy atom. The third-order valence-corrected chi connectivity index (χ3v) is 2.59. The zero-order valence-corrected chi connectivity index (χ0v) is 8.66. The van der Waals surface area contributed by atoms with E-state index in [2.05, 4.69) is 27.4 Å². The average Bonchev–Trinajstić information content (AvgIpc) is 2.48. The Morgan fingerprint density at radius 1 is 1.57 bits per heavy atom. The second-order valence-corrected chi connectivity index (χ2v) is 3.69. The Morgan fingerprint density at radius 3 is 2.86 bits per heavy atom. The smallest absolute Gasteiger partial charge is 0.240 e. The van der Waals surface area contributed by atoms with Crippen molar-refractivity contribution >= 4 is 0 Å². The summed E-state index contributed by atoms with van der Waals surface area (Å²) in [7, 11) is 2.08. The number of aryl methyl sites for hydroxylation is 1. The summed E-state index contributed by atoms with van der Waals surface area (Å²) in [5.74, 6) is 1.51. The van der Waals surface area contributed by atoms with Gasteiger partial charge in [-0.15, -0.1) is 0 Å². The van der Waals surface area contributed by atoms with Crippen molar-refractivity contribution in [1.82, 2.24) is 20.4 Å². The second-order valence-electron chi connectivity index (χ2n) is 3.69. The highest BCUT2D eigenvalue weighted by molar-refractivity contribution is 4.89. The molecule has 1 aromatic rings. The number of rotatable bonds is 4. The molecule has 5 heteroatoms. The molecule has 14 heavy (non-hydrogen) atoms. The number of nitrogens with one attached hydrogen (secondary N) is 1. The van der Waals surface area contributed by atoms with Crippen molar-refractivity contribution in [2.24, 2.45) is 0 Å². The fourth-order valence-electron chi connectivity index (χ4n) is 1.43. The lowest BCUT2D eigenvalue weighted by atomic mass is 10.1. The molecule has 2 heterocycles. The zero-order chi connectivity index (χ0) is 9.97. The van der Waals surface area contributed by atoms with Gasteiger partial charge >= 0.3 is 0 Å². The van der Waals surface area contributed by atoms with E-state index in [0.717, 1.165) is 37.8 Å². The summed E-state index contributed by atoms with van der Waals surface area (Å²) in [6.07, 6.45) is 0.832. The van der Waals surface area contributed by atoms with Crippen molar-refractivity contribution in [2.45, 2.75) is 25.9 Å². The van der Waals surface area contributed by atoms with Gasteiger partial charge in [0.15, 0.2) is 5.82 Å². The van der Waals surface area contributed by atoms with E-state index < -0.39 is 0 Å². The molecule has 2 rings (SSSR count). The molecule has 0 aliphatic carbocycles. The van der Waals surface area contributed by atoms with Crippen LogP contribution in [0, 0.1) is 0 Å². The Balaban J connectivity index is 1.89. The van der Waals surface area contributed by atoms with E-state index in [9.17, 15) is 0 Å². The maximum Gasteiger partial charge on any atom is 0.240 e. The van der Waals surface area contributed by atoms with Crippen LogP contribution in [0.2, 0.25) is 0 Å². The van der Waals surface area contributed by atoms with Crippen molar-refractivity contribution in [3.8, 4) is 0 Å². The molecule has 5 nitrogen and oxygen atoms in total. The van der Waals surface area contributed by atoms with Gasteiger partial charge in [-0.05, 0) is 7.05 Å². The Bertz CT molecular complexity index is 295. The van der Waals surface area contributed by atoms with Crippen LogP contribution < -0.4 is 5.32 Å². The van der Waals surface area contributed by atoms with Crippen LogP contribution in [0.25, 0.3) is 0 Å². The third kappa shape index (κ3) is 1.93. The van der Waals surface area contributed by atoms with Crippen LogP contribution in [0.15, 0.2) is 4.52 Å². The summed E-state index contributed by atoms with van der Waals surface area (Å²) in [6, 6.07) is 0.618. The van der Waals surface area contributed by atoms with Gasteiger partial charge in [0.2, 0.25) is 5.89 Å². The van der Waals surface area contributed by atoms with Crippen molar-refractivity contribution in [1.29, 1.82) is 0 Å². The van der Waals surface area contributed by atoms with Crippen LogP contribution in [-0.2, 0) is 13.0 Å². The molecule has 1 N–H and O–H groups in total. The maximum absolute atomic E-state index is 5.12. The van der Waals surface area contributed by atoms with E-state index in [1.165, 1.54) is 0 Å². The number of aromatic nitrogens is 2. The van der Waals surface area contributed by atoms with Crippen LogP contribution >= 0.6 is 0 Å². The van der Waals surface area contributed by atoms with Gasteiger partial charge in [-0.2, -0.15) is 4.98 Å². The first-order valence-electron chi connectivity index (χ1n) is 5.02. The van der Waals surface area contributed by atoms with Crippen LogP contribution in [0.5, 0.6) is 0 Å². The molecular formula is C9H16N4O. The average molecular weight is 196 g/mol. The highest BCUT2D eigenvalue weighted by Crippen LogP contribution is 2.07. The van der Waals surface area contributed by atoms with Gasteiger partial charge in [0.25, 0.3) is 0 Å². The van der Waals surface area contributed by atoms with Gasteiger partial charge in [0, 0.05) is 25.6 Å². The standard InChI is InChI=1S/C9H16N4O/c1-3-8-11-9(14-12-8)6-13(2)7-4-10-5-7/h7,10H,3-6H2,1-2H3. The van der Waals surface area contributed by atoms with Crippen molar-refractivity contribution in [3.05, 3.63) is 11.7 Å². The normalized spacial score (nSPS) is 17.4. The van der Waals surface area contributed by atoms with E-state index in [0.29, 0.717) is 6.04 Å². The lowest BCUT2D eigenvalue weighted by Crippen LogP contribution is -2.55. The highest BCUT2D eigenvalue weighted by atomic mass is 16.5. The first-order chi connectivity index (χ1) is 6.79. The van der Waals surface area contributed by atoms with Crippen LogP contribution in [0.4, 0.5) is 0 Å². The molecule has 0 spiro atoms. The largest absolute Gasteiger partial charge is 0.338 e. The van der Waals surface area contributed by atoms with Crippen molar-refractivity contribution in [3.63, 3.8) is 0 Å². The van der Waals surface area contributed by atoms with Gasteiger partial charge in [-0.3, -0.25) is 4.90 Å². The molecule has 0 saturated carbocycles. The van der Waals surface area contributed by atoms with Crippen LogP contribution in [0.3, 0.4) is 0 Å². The minimum Gasteiger partial charge on any atom is -0.338 e. The van der Waals surface area contributed by atoms with E-state index in [1.807, 2.05) is 6.92 Å². The summed E-state index contributed by atoms with van der Waals surface area (Å²) in [5, 5.41) is 7.10. The maximum atomic E-state index is 5.12. The summed E-state index contributed by atoms with van der Waals surface area (Å²) in [4.78, 5) is 6.51. The minimum atomic E-state index is 0.618. The SMILES string of the molecule is CCc1noc(CN(C)C2CNC2)n1. The molecule has 0 radical (unpaired) electrons. The Kier molecular flexibility index (Phi) is 2.79. The summed E-state index contributed by atoms with van der Waals surface area (Å²) >= 11 is 0. The molecule has 0 atom stereocenters. The molecule has 0 bridgehead atoms. The van der Waals surface area contributed by atoms with E-state index in [4.69, 9.17) is 4.52 Å². The number of hydrogen-bond acceptors (Lipinski definition) is 5. The first kappa shape index (κ1) is 9.61. The van der Waals surface area contributed by atoms with Gasteiger partial charge in [-0.1, -0.05) is 12.1 Å². The molecule has 0 unspecified atom stereocenters. The summed E-state index contributed by atoms with van der Waals surface area (Å²) < 4.78 is 5.12. The molecular weight excluding hydrogens is 180 g/mol. The number of hydrogen-bond donors (Lipinski definition) is 1. The summed E-state index contributed by atoms with van der Waals surface area (Å²) in [5.41, 5.74) is 0. The zero-order valence-electron chi connectivity index (χ0n) is 8.66. The Hall–Kier alpha value is -0.940. The molecule has 78 valence electrons. The molecule has 1 aliphatic rings. The molecule has 1 aromatic heterocycles. The number of likely N-dealkylation sites (N-methyl/N-ethyl adjacent to an activating group) is 1. The van der Waals surface area contributed by atoms with Gasteiger partial charge < -0.3 is 9.84 Å². The topological polar surface area (TPSA) is 54.2 Å². The fraction of sp³-hybridized carbons (Fsp3) is 0.778. The highest BCUT2D eigenvalue weighted by Gasteiger charge is 2.22. The summed E-state index contributed by atoms with van der Waals surface area (Å²) in [6.45, 7) is 4.89. The van der Waals surface area contributed by atoms with Crippen molar-refractivity contribution < 1.29 is 4.52 Å². The molecule has 1 aliphatic heterocycles. The van der Waals surface area contributed by atoms with E-state index in [-0.39, 0.29) is 0 Å². The lowest BCUT2D eigenvalue weighted by Gasteiger charge is -2.34. The molecule has 1 fully saturated rings. The molecule has 0 aromatic carbocycles. The minimum absolute atomic E-state index is 0.618. The second kappa shape index (κ2) is 4.06. The monoisotopic (exact) mass is 196 g/mol. The molecule has 0 amide bonds. The van der Waals surface area contributed by atoms with Gasteiger partial charge in [0.1, 0.15) is 0 Å². The van der Waals surface area contributed by atoms with Crippen molar-refractivity contribution in [2.75, 3.05) is 20.1 Å². The lowest BCUT2D eigenvalue weighted by molar-refractivity contribution is 0.155. The van der Waals surface area contributed by atoms with E-state index >= 15 is 0 Å². The third-order valence-electron chi connectivity index (χ3n) is 2.59.